The lowest BCUT2D eigenvalue weighted by molar-refractivity contribution is -0.120. The topological polar surface area (TPSA) is 55.1 Å². The molecule has 1 amide bonds. The summed E-state index contributed by atoms with van der Waals surface area (Å²) in [6.07, 6.45) is 3.82. The molecular weight excluding hydrogens is 140 g/mol. The predicted octanol–water partition coefficient (Wildman–Crippen LogP) is 0.250. The Balaban J connectivity index is 2.19. The molecule has 1 aliphatic carbocycles. The summed E-state index contributed by atoms with van der Waals surface area (Å²) < 4.78 is 0. The van der Waals surface area contributed by atoms with Gasteiger partial charge in [0.2, 0.25) is 5.91 Å². The zero-order valence-electron chi connectivity index (χ0n) is 6.97. The minimum atomic E-state index is -0.0376. The molecule has 1 rings (SSSR count). The van der Waals surface area contributed by atoms with Gasteiger partial charge in [0.05, 0.1) is 6.54 Å². The minimum Gasteiger partial charge on any atom is -0.352 e. The van der Waals surface area contributed by atoms with E-state index in [1.807, 2.05) is 0 Å². The molecule has 1 atom stereocenters. The van der Waals surface area contributed by atoms with Crippen molar-refractivity contribution in [3.05, 3.63) is 0 Å². The lowest BCUT2D eigenvalue weighted by Gasteiger charge is -2.31. The average Bonchev–Trinajstić information content (AvgIpc) is 1.83. The number of nitrogens with one attached hydrogen (secondary N) is 1. The van der Waals surface area contributed by atoms with Crippen LogP contribution >= 0.6 is 0 Å². The Kier molecular flexibility index (Phi) is 2.88. The van der Waals surface area contributed by atoms with E-state index in [0.29, 0.717) is 12.0 Å². The summed E-state index contributed by atoms with van der Waals surface area (Å²) in [5.74, 6) is 0.662. The highest BCUT2D eigenvalue weighted by atomic mass is 16.1. The van der Waals surface area contributed by atoms with E-state index in [0.717, 1.165) is 0 Å². The normalized spacial score (nSPS) is 20.5. The molecule has 0 bridgehead atoms. The van der Waals surface area contributed by atoms with Crippen molar-refractivity contribution >= 4 is 5.91 Å². The SMILES string of the molecule is CC(NC(=O)CN)C1CCC1. The van der Waals surface area contributed by atoms with Gasteiger partial charge in [-0.3, -0.25) is 4.79 Å². The molecule has 11 heavy (non-hydrogen) atoms. The molecule has 1 unspecified atom stereocenters. The van der Waals surface area contributed by atoms with Crippen molar-refractivity contribution in [3.8, 4) is 0 Å². The number of carbonyl (C=O) groups excluding carboxylic acids is 1. The maximum atomic E-state index is 10.8. The Labute approximate surface area is 67.3 Å². The average molecular weight is 156 g/mol. The van der Waals surface area contributed by atoms with Crippen LogP contribution < -0.4 is 11.1 Å². The van der Waals surface area contributed by atoms with Crippen molar-refractivity contribution < 1.29 is 4.79 Å². The molecule has 3 nitrogen and oxygen atoms in total. The van der Waals surface area contributed by atoms with Crippen molar-refractivity contribution in [3.63, 3.8) is 0 Å². The van der Waals surface area contributed by atoms with E-state index in [2.05, 4.69) is 12.2 Å². The first-order valence-electron chi connectivity index (χ1n) is 4.23. The van der Waals surface area contributed by atoms with E-state index >= 15 is 0 Å². The Morgan fingerprint density at radius 1 is 1.73 bits per heavy atom. The van der Waals surface area contributed by atoms with Crippen molar-refractivity contribution in [2.24, 2.45) is 11.7 Å². The summed E-state index contributed by atoms with van der Waals surface area (Å²) in [4.78, 5) is 10.8. The first kappa shape index (κ1) is 8.53. The Morgan fingerprint density at radius 2 is 2.36 bits per heavy atom. The highest BCUT2D eigenvalue weighted by Gasteiger charge is 2.24. The molecule has 0 heterocycles. The highest BCUT2D eigenvalue weighted by molar-refractivity contribution is 5.78. The summed E-state index contributed by atoms with van der Waals surface area (Å²) in [6.45, 7) is 2.16. The van der Waals surface area contributed by atoms with Gasteiger partial charge in [-0.05, 0) is 25.7 Å². The molecule has 1 fully saturated rings. The van der Waals surface area contributed by atoms with Gasteiger partial charge in [-0.25, -0.2) is 0 Å². The second-order valence-corrected chi connectivity index (χ2v) is 3.25. The number of amides is 1. The first-order chi connectivity index (χ1) is 5.24. The molecule has 0 aromatic rings. The van der Waals surface area contributed by atoms with E-state index in [1.54, 1.807) is 0 Å². The van der Waals surface area contributed by atoms with Gasteiger partial charge in [0, 0.05) is 6.04 Å². The predicted molar refractivity (Wildman–Crippen MR) is 44.0 cm³/mol. The van der Waals surface area contributed by atoms with Crippen LogP contribution in [0.1, 0.15) is 26.2 Å². The van der Waals surface area contributed by atoms with Gasteiger partial charge >= 0.3 is 0 Å². The van der Waals surface area contributed by atoms with Crippen LogP contribution in [0.4, 0.5) is 0 Å². The smallest absolute Gasteiger partial charge is 0.233 e. The lowest BCUT2D eigenvalue weighted by Crippen LogP contribution is -2.43. The van der Waals surface area contributed by atoms with Crippen molar-refractivity contribution in [1.29, 1.82) is 0 Å². The molecular formula is C8H16N2O. The summed E-state index contributed by atoms with van der Waals surface area (Å²) in [6, 6.07) is 0.319. The minimum absolute atomic E-state index is 0.0376. The fraction of sp³-hybridized carbons (Fsp3) is 0.875. The number of rotatable bonds is 3. The third-order valence-corrected chi connectivity index (χ3v) is 2.43. The quantitative estimate of drug-likeness (QED) is 0.615. The zero-order valence-corrected chi connectivity index (χ0v) is 6.97. The van der Waals surface area contributed by atoms with E-state index < -0.39 is 0 Å². The molecule has 3 N–H and O–H groups in total. The molecule has 0 aliphatic heterocycles. The van der Waals surface area contributed by atoms with Gasteiger partial charge < -0.3 is 11.1 Å². The number of nitrogens with two attached hydrogens (primary N) is 1. The molecule has 64 valence electrons. The fourth-order valence-electron chi connectivity index (χ4n) is 1.37. The number of hydrogen-bond acceptors (Lipinski definition) is 2. The van der Waals surface area contributed by atoms with Crippen molar-refractivity contribution in [2.45, 2.75) is 32.2 Å². The second kappa shape index (κ2) is 3.72. The molecule has 0 saturated heterocycles. The highest BCUT2D eigenvalue weighted by Crippen LogP contribution is 2.29. The maximum absolute atomic E-state index is 10.8. The van der Waals surface area contributed by atoms with Crippen LogP contribution in [0.3, 0.4) is 0 Å². The number of hydrogen-bond donors (Lipinski definition) is 2. The first-order valence-corrected chi connectivity index (χ1v) is 4.23. The third kappa shape index (κ3) is 2.19. The van der Waals surface area contributed by atoms with Gasteiger partial charge in [-0.1, -0.05) is 6.42 Å². The van der Waals surface area contributed by atoms with Gasteiger partial charge in [0.15, 0.2) is 0 Å². The standard InChI is InChI=1S/C8H16N2O/c1-6(7-3-2-4-7)10-8(11)5-9/h6-7H,2-5,9H2,1H3,(H,10,11). The zero-order chi connectivity index (χ0) is 8.27. The van der Waals surface area contributed by atoms with Gasteiger partial charge in [-0.2, -0.15) is 0 Å². The fourth-order valence-corrected chi connectivity index (χ4v) is 1.37. The molecule has 3 heteroatoms. The van der Waals surface area contributed by atoms with Crippen LogP contribution in [0.25, 0.3) is 0 Å². The maximum Gasteiger partial charge on any atom is 0.233 e. The van der Waals surface area contributed by atoms with Crippen LogP contribution in [-0.4, -0.2) is 18.5 Å². The summed E-state index contributed by atoms with van der Waals surface area (Å²) in [5, 5.41) is 2.87. The van der Waals surface area contributed by atoms with E-state index in [4.69, 9.17) is 5.73 Å². The van der Waals surface area contributed by atoms with Crippen LogP contribution in [0.5, 0.6) is 0 Å². The van der Waals surface area contributed by atoms with Crippen molar-refractivity contribution in [2.75, 3.05) is 6.54 Å². The summed E-state index contributed by atoms with van der Waals surface area (Å²) in [7, 11) is 0. The van der Waals surface area contributed by atoms with Crippen LogP contribution in [0.15, 0.2) is 0 Å². The number of carbonyl (C=O) groups is 1. The molecule has 0 aromatic carbocycles. The third-order valence-electron chi connectivity index (χ3n) is 2.43. The van der Waals surface area contributed by atoms with Gasteiger partial charge in [-0.15, -0.1) is 0 Å². The lowest BCUT2D eigenvalue weighted by atomic mass is 9.80. The largest absolute Gasteiger partial charge is 0.352 e. The molecule has 0 aromatic heterocycles. The monoisotopic (exact) mass is 156 g/mol. The van der Waals surface area contributed by atoms with Gasteiger partial charge in [0.25, 0.3) is 0 Å². The Bertz CT molecular complexity index is 143. The van der Waals surface area contributed by atoms with E-state index in [9.17, 15) is 4.79 Å². The summed E-state index contributed by atoms with van der Waals surface area (Å²) >= 11 is 0. The van der Waals surface area contributed by atoms with Crippen LogP contribution in [0.2, 0.25) is 0 Å². The van der Waals surface area contributed by atoms with Crippen molar-refractivity contribution in [1.82, 2.24) is 5.32 Å². The summed E-state index contributed by atoms with van der Waals surface area (Å²) in [5.41, 5.74) is 5.17. The molecule has 1 saturated carbocycles. The van der Waals surface area contributed by atoms with Crippen LogP contribution in [-0.2, 0) is 4.79 Å². The second-order valence-electron chi connectivity index (χ2n) is 3.25. The van der Waals surface area contributed by atoms with E-state index in [1.165, 1.54) is 19.3 Å². The van der Waals surface area contributed by atoms with Crippen LogP contribution in [0, 0.1) is 5.92 Å². The molecule has 1 aliphatic rings. The Hall–Kier alpha value is -0.570. The molecule has 0 spiro atoms. The molecule has 0 radical (unpaired) electrons. The van der Waals surface area contributed by atoms with Gasteiger partial charge in [0.1, 0.15) is 0 Å². The van der Waals surface area contributed by atoms with E-state index in [-0.39, 0.29) is 12.5 Å². The Morgan fingerprint density at radius 3 is 2.73 bits per heavy atom.